The molecule has 3 aromatic rings. The number of hydrogen-bond acceptors (Lipinski definition) is 2. The number of aromatic nitrogens is 4. The number of nitrogens with one attached hydrogen (secondary N) is 2. The van der Waals surface area contributed by atoms with Gasteiger partial charge in [0, 0.05) is 5.92 Å². The lowest BCUT2D eigenvalue weighted by atomic mass is 10.1. The second-order valence-corrected chi connectivity index (χ2v) is 6.33. The van der Waals surface area contributed by atoms with E-state index in [-0.39, 0.29) is 5.56 Å². The van der Waals surface area contributed by atoms with Crippen LogP contribution in [0.1, 0.15) is 37.3 Å². The molecule has 108 valence electrons. The standard InChI is InChI=1S/C15H15BrN4O/c16-12-13(9-5-1-2-6-9)19-20(14(12)21)15-17-10-7-3-4-8-11(10)18-15/h3-4,7-9,19H,1-2,5-6H2,(H,17,18). The monoisotopic (exact) mass is 346 g/mol. The Morgan fingerprint density at radius 2 is 2.00 bits per heavy atom. The first-order valence-corrected chi connectivity index (χ1v) is 7.99. The molecule has 2 N–H and O–H groups in total. The summed E-state index contributed by atoms with van der Waals surface area (Å²) in [5.74, 6) is 0.976. The van der Waals surface area contributed by atoms with Gasteiger partial charge in [-0.25, -0.2) is 4.98 Å². The SMILES string of the molecule is O=c1c(Br)c(C2CCCC2)[nH]n1-c1nc2ccccc2[nH]1. The van der Waals surface area contributed by atoms with Crippen LogP contribution in [-0.2, 0) is 0 Å². The van der Waals surface area contributed by atoms with E-state index in [4.69, 9.17) is 0 Å². The molecule has 2 aromatic heterocycles. The van der Waals surface area contributed by atoms with Crippen LogP contribution in [0.2, 0.25) is 0 Å². The van der Waals surface area contributed by atoms with Crippen LogP contribution in [-0.4, -0.2) is 19.7 Å². The van der Waals surface area contributed by atoms with Gasteiger partial charge in [-0.3, -0.25) is 9.89 Å². The Morgan fingerprint density at radius 1 is 1.24 bits per heavy atom. The maximum Gasteiger partial charge on any atom is 0.288 e. The predicted octanol–water partition coefficient (Wildman–Crippen LogP) is 3.46. The lowest BCUT2D eigenvalue weighted by Crippen LogP contribution is -2.15. The van der Waals surface area contributed by atoms with Crippen molar-refractivity contribution in [1.29, 1.82) is 0 Å². The van der Waals surface area contributed by atoms with Crippen LogP contribution in [0.15, 0.2) is 33.5 Å². The second kappa shape index (κ2) is 4.87. The molecule has 0 unspecified atom stereocenters. The average Bonchev–Trinajstić information content (AvgIpc) is 3.19. The van der Waals surface area contributed by atoms with E-state index < -0.39 is 0 Å². The zero-order valence-electron chi connectivity index (χ0n) is 11.4. The minimum Gasteiger partial charge on any atom is -0.322 e. The number of rotatable bonds is 2. The number of nitrogens with zero attached hydrogens (tertiary/aromatic N) is 2. The first-order chi connectivity index (χ1) is 10.2. The number of fused-ring (bicyclic) bond motifs is 1. The fraction of sp³-hybridized carbons (Fsp3) is 0.333. The van der Waals surface area contributed by atoms with Crippen molar-refractivity contribution in [1.82, 2.24) is 19.7 Å². The van der Waals surface area contributed by atoms with Crippen molar-refractivity contribution in [2.24, 2.45) is 0 Å². The molecule has 2 heterocycles. The molecular formula is C15H15BrN4O. The third-order valence-electron chi connectivity index (χ3n) is 4.21. The Balaban J connectivity index is 1.84. The van der Waals surface area contributed by atoms with Crippen molar-refractivity contribution >= 4 is 27.0 Å². The molecule has 0 saturated heterocycles. The Morgan fingerprint density at radius 3 is 2.76 bits per heavy atom. The van der Waals surface area contributed by atoms with Crippen LogP contribution in [0.5, 0.6) is 0 Å². The summed E-state index contributed by atoms with van der Waals surface area (Å²) in [7, 11) is 0. The minimum absolute atomic E-state index is 0.0871. The number of aromatic amines is 2. The summed E-state index contributed by atoms with van der Waals surface area (Å²) in [6, 6.07) is 7.76. The quantitative estimate of drug-likeness (QED) is 0.746. The zero-order valence-corrected chi connectivity index (χ0v) is 13.0. The molecule has 0 radical (unpaired) electrons. The maximum absolute atomic E-state index is 12.4. The molecule has 0 atom stereocenters. The molecule has 21 heavy (non-hydrogen) atoms. The van der Waals surface area contributed by atoms with Crippen molar-refractivity contribution in [2.45, 2.75) is 31.6 Å². The first-order valence-electron chi connectivity index (χ1n) is 7.19. The lowest BCUT2D eigenvalue weighted by Gasteiger charge is -2.06. The first kappa shape index (κ1) is 12.9. The molecule has 6 heteroatoms. The molecular weight excluding hydrogens is 332 g/mol. The van der Waals surface area contributed by atoms with Gasteiger partial charge >= 0.3 is 0 Å². The predicted molar refractivity (Wildman–Crippen MR) is 85.0 cm³/mol. The Labute approximate surface area is 129 Å². The summed E-state index contributed by atoms with van der Waals surface area (Å²) in [4.78, 5) is 20.1. The Bertz CT molecular complexity index is 821. The highest BCUT2D eigenvalue weighted by molar-refractivity contribution is 9.10. The molecule has 4 rings (SSSR count). The molecule has 1 aliphatic carbocycles. The van der Waals surface area contributed by atoms with E-state index in [0.717, 1.165) is 29.6 Å². The van der Waals surface area contributed by atoms with Gasteiger partial charge in [0.15, 0.2) is 0 Å². The van der Waals surface area contributed by atoms with E-state index >= 15 is 0 Å². The summed E-state index contributed by atoms with van der Waals surface area (Å²) >= 11 is 3.45. The van der Waals surface area contributed by atoms with Crippen LogP contribution in [0.4, 0.5) is 0 Å². The summed E-state index contributed by atoms with van der Waals surface area (Å²) in [5.41, 5.74) is 2.69. The van der Waals surface area contributed by atoms with Crippen molar-refractivity contribution in [2.75, 3.05) is 0 Å². The van der Waals surface area contributed by atoms with Gasteiger partial charge in [0.1, 0.15) is 4.47 Å². The molecule has 1 aliphatic rings. The minimum atomic E-state index is -0.0871. The van der Waals surface area contributed by atoms with Crippen molar-refractivity contribution in [3.05, 3.63) is 44.8 Å². The average molecular weight is 347 g/mol. The summed E-state index contributed by atoms with van der Waals surface area (Å²) in [5, 5.41) is 3.23. The van der Waals surface area contributed by atoms with Gasteiger partial charge in [-0.1, -0.05) is 25.0 Å². The lowest BCUT2D eigenvalue weighted by molar-refractivity contribution is 0.669. The van der Waals surface area contributed by atoms with E-state index in [1.807, 2.05) is 24.3 Å². The van der Waals surface area contributed by atoms with Crippen LogP contribution >= 0.6 is 15.9 Å². The van der Waals surface area contributed by atoms with Gasteiger partial charge < -0.3 is 4.98 Å². The number of imidazole rings is 1. The van der Waals surface area contributed by atoms with Crippen molar-refractivity contribution in [3.8, 4) is 5.95 Å². The van der Waals surface area contributed by atoms with Gasteiger partial charge in [0.2, 0.25) is 5.95 Å². The number of hydrogen-bond donors (Lipinski definition) is 2. The summed E-state index contributed by atoms with van der Waals surface area (Å²) in [6.07, 6.45) is 4.74. The number of H-pyrrole nitrogens is 2. The Hall–Kier alpha value is -1.82. The molecule has 1 fully saturated rings. The van der Waals surface area contributed by atoms with E-state index in [2.05, 4.69) is 31.0 Å². The van der Waals surface area contributed by atoms with Crippen molar-refractivity contribution < 1.29 is 0 Å². The second-order valence-electron chi connectivity index (χ2n) is 5.54. The smallest absolute Gasteiger partial charge is 0.288 e. The van der Waals surface area contributed by atoms with Crippen LogP contribution in [0.25, 0.3) is 17.0 Å². The number of benzene rings is 1. The highest BCUT2D eigenvalue weighted by atomic mass is 79.9. The van der Waals surface area contributed by atoms with Gasteiger partial charge in [0.25, 0.3) is 5.56 Å². The number of para-hydroxylation sites is 2. The van der Waals surface area contributed by atoms with Crippen LogP contribution < -0.4 is 5.56 Å². The third-order valence-corrected chi connectivity index (χ3v) is 4.98. The van der Waals surface area contributed by atoms with E-state index in [1.54, 1.807) is 0 Å². The number of halogens is 1. The molecule has 0 aliphatic heterocycles. The van der Waals surface area contributed by atoms with E-state index in [0.29, 0.717) is 16.3 Å². The third kappa shape index (κ3) is 2.05. The Kier molecular flexibility index (Phi) is 2.99. The van der Waals surface area contributed by atoms with Gasteiger partial charge in [0.05, 0.1) is 16.7 Å². The highest BCUT2D eigenvalue weighted by Gasteiger charge is 2.24. The summed E-state index contributed by atoms with van der Waals surface area (Å²) in [6.45, 7) is 0. The highest BCUT2D eigenvalue weighted by Crippen LogP contribution is 2.35. The van der Waals surface area contributed by atoms with Gasteiger partial charge in [-0.15, -0.1) is 0 Å². The molecule has 1 saturated carbocycles. The van der Waals surface area contributed by atoms with Crippen LogP contribution in [0.3, 0.4) is 0 Å². The molecule has 1 aromatic carbocycles. The largest absolute Gasteiger partial charge is 0.322 e. The van der Waals surface area contributed by atoms with E-state index in [1.165, 1.54) is 17.5 Å². The molecule has 0 bridgehead atoms. The maximum atomic E-state index is 12.4. The fourth-order valence-electron chi connectivity index (χ4n) is 3.11. The van der Waals surface area contributed by atoms with Gasteiger partial charge in [-0.2, -0.15) is 4.68 Å². The molecule has 0 amide bonds. The summed E-state index contributed by atoms with van der Waals surface area (Å²) < 4.78 is 2.13. The fourth-order valence-corrected chi connectivity index (χ4v) is 3.70. The van der Waals surface area contributed by atoms with Crippen molar-refractivity contribution in [3.63, 3.8) is 0 Å². The molecule has 0 spiro atoms. The topological polar surface area (TPSA) is 66.5 Å². The van der Waals surface area contributed by atoms with Crippen LogP contribution in [0, 0.1) is 0 Å². The normalized spacial score (nSPS) is 16.0. The van der Waals surface area contributed by atoms with Gasteiger partial charge in [-0.05, 0) is 40.9 Å². The van der Waals surface area contributed by atoms with E-state index in [9.17, 15) is 4.79 Å². The molecule has 5 nitrogen and oxygen atoms in total. The zero-order chi connectivity index (χ0) is 14.4.